The molecule has 17 heavy (non-hydrogen) atoms. The van der Waals surface area contributed by atoms with E-state index in [1.807, 2.05) is 24.4 Å². The molecule has 0 saturated heterocycles. The van der Waals surface area contributed by atoms with Crippen LogP contribution in [-0.4, -0.2) is 24.8 Å². The average molecular weight is 235 g/mol. The Morgan fingerprint density at radius 2 is 2.29 bits per heavy atom. The van der Waals surface area contributed by atoms with E-state index in [2.05, 4.69) is 4.98 Å². The van der Waals surface area contributed by atoms with Crippen LogP contribution in [0.3, 0.4) is 0 Å². The Hall–Kier alpha value is -0.930. The molecule has 2 atom stereocenters. The van der Waals surface area contributed by atoms with Crippen LogP contribution in [0.4, 0.5) is 0 Å². The van der Waals surface area contributed by atoms with Crippen molar-refractivity contribution in [1.29, 1.82) is 0 Å². The smallest absolute Gasteiger partial charge is 0.0891 e. The van der Waals surface area contributed by atoms with Gasteiger partial charge in [-0.1, -0.05) is 12.5 Å². The van der Waals surface area contributed by atoms with Gasteiger partial charge in [0.05, 0.1) is 18.4 Å². The zero-order chi connectivity index (χ0) is 11.9. The number of nitrogens with zero attached hydrogens (tertiary/aromatic N) is 1. The summed E-state index contributed by atoms with van der Waals surface area (Å²) in [6.07, 6.45) is 7.02. The van der Waals surface area contributed by atoms with Gasteiger partial charge < -0.3 is 9.47 Å². The van der Waals surface area contributed by atoms with Crippen LogP contribution in [0.2, 0.25) is 0 Å². The molecule has 1 fully saturated rings. The lowest BCUT2D eigenvalue weighted by atomic mass is 9.88. The second-order valence-electron chi connectivity index (χ2n) is 4.74. The monoisotopic (exact) mass is 235 g/mol. The van der Waals surface area contributed by atoms with Crippen molar-refractivity contribution in [2.24, 2.45) is 5.92 Å². The van der Waals surface area contributed by atoms with Gasteiger partial charge in [0, 0.05) is 19.9 Å². The first kappa shape index (κ1) is 12.5. The number of rotatable bonds is 5. The van der Waals surface area contributed by atoms with Gasteiger partial charge in [0.2, 0.25) is 0 Å². The van der Waals surface area contributed by atoms with Crippen molar-refractivity contribution in [2.75, 3.05) is 13.7 Å². The minimum atomic E-state index is 0.380. The Bertz CT molecular complexity index is 313. The highest BCUT2D eigenvalue weighted by atomic mass is 16.5. The van der Waals surface area contributed by atoms with Gasteiger partial charge in [-0.25, -0.2) is 0 Å². The lowest BCUT2D eigenvalue weighted by molar-refractivity contribution is -0.0115. The molecule has 3 nitrogen and oxygen atoms in total. The fourth-order valence-corrected chi connectivity index (χ4v) is 2.47. The van der Waals surface area contributed by atoms with E-state index in [9.17, 15) is 0 Å². The highest BCUT2D eigenvalue weighted by molar-refractivity contribution is 5.01. The minimum Gasteiger partial charge on any atom is -0.384 e. The maximum atomic E-state index is 5.93. The van der Waals surface area contributed by atoms with Gasteiger partial charge in [0.15, 0.2) is 0 Å². The molecule has 1 aromatic heterocycles. The van der Waals surface area contributed by atoms with E-state index in [1.165, 1.54) is 19.3 Å². The predicted octanol–water partition coefficient (Wildman–Crippen LogP) is 2.80. The summed E-state index contributed by atoms with van der Waals surface area (Å²) >= 11 is 0. The number of hydrogen-bond donors (Lipinski definition) is 0. The molecule has 1 aromatic rings. The van der Waals surface area contributed by atoms with Crippen molar-refractivity contribution in [2.45, 2.75) is 38.4 Å². The Morgan fingerprint density at radius 3 is 3.06 bits per heavy atom. The third kappa shape index (κ3) is 4.10. The van der Waals surface area contributed by atoms with Crippen LogP contribution in [0.25, 0.3) is 0 Å². The van der Waals surface area contributed by atoms with Gasteiger partial charge in [-0.05, 0) is 37.3 Å². The van der Waals surface area contributed by atoms with E-state index in [1.54, 1.807) is 7.11 Å². The molecule has 0 aliphatic heterocycles. The van der Waals surface area contributed by atoms with Crippen molar-refractivity contribution < 1.29 is 9.47 Å². The van der Waals surface area contributed by atoms with Crippen LogP contribution in [0.5, 0.6) is 0 Å². The second-order valence-corrected chi connectivity index (χ2v) is 4.74. The topological polar surface area (TPSA) is 31.4 Å². The van der Waals surface area contributed by atoms with E-state index in [-0.39, 0.29) is 0 Å². The number of ether oxygens (including phenoxy) is 2. The zero-order valence-electron chi connectivity index (χ0n) is 10.5. The molecular formula is C14H21NO2. The Morgan fingerprint density at radius 1 is 1.35 bits per heavy atom. The molecule has 94 valence electrons. The molecule has 1 aliphatic rings. The fourth-order valence-electron chi connectivity index (χ4n) is 2.47. The quantitative estimate of drug-likeness (QED) is 0.786. The van der Waals surface area contributed by atoms with Gasteiger partial charge in [-0.2, -0.15) is 0 Å². The first-order valence-electron chi connectivity index (χ1n) is 6.39. The molecule has 0 N–H and O–H groups in total. The summed E-state index contributed by atoms with van der Waals surface area (Å²) in [5.41, 5.74) is 1.02. The normalized spacial score (nSPS) is 24.8. The van der Waals surface area contributed by atoms with Crippen molar-refractivity contribution in [3.8, 4) is 0 Å². The van der Waals surface area contributed by atoms with E-state index in [0.29, 0.717) is 18.6 Å². The number of aromatic nitrogens is 1. The van der Waals surface area contributed by atoms with Crippen molar-refractivity contribution in [3.63, 3.8) is 0 Å². The minimum absolute atomic E-state index is 0.380. The van der Waals surface area contributed by atoms with Gasteiger partial charge in [-0.3, -0.25) is 4.98 Å². The summed E-state index contributed by atoms with van der Waals surface area (Å²) in [5.74, 6) is 0.669. The van der Waals surface area contributed by atoms with Crippen LogP contribution in [-0.2, 0) is 16.1 Å². The second kappa shape index (κ2) is 6.72. The first-order chi connectivity index (χ1) is 8.38. The van der Waals surface area contributed by atoms with Crippen LogP contribution in [0.15, 0.2) is 24.4 Å². The summed E-state index contributed by atoms with van der Waals surface area (Å²) < 4.78 is 11.2. The van der Waals surface area contributed by atoms with Crippen LogP contribution in [0, 0.1) is 5.92 Å². The summed E-state index contributed by atoms with van der Waals surface area (Å²) in [7, 11) is 1.78. The molecule has 0 spiro atoms. The largest absolute Gasteiger partial charge is 0.384 e. The highest BCUT2D eigenvalue weighted by Gasteiger charge is 2.22. The van der Waals surface area contributed by atoms with Crippen LogP contribution in [0.1, 0.15) is 31.4 Å². The Kier molecular flexibility index (Phi) is 4.95. The van der Waals surface area contributed by atoms with Crippen molar-refractivity contribution in [1.82, 2.24) is 4.98 Å². The number of pyridine rings is 1. The van der Waals surface area contributed by atoms with Gasteiger partial charge in [0.25, 0.3) is 0 Å². The SMILES string of the molecule is COCC1CCCC(OCc2ccccn2)C1. The van der Waals surface area contributed by atoms with Crippen molar-refractivity contribution in [3.05, 3.63) is 30.1 Å². The third-order valence-electron chi connectivity index (χ3n) is 3.33. The third-order valence-corrected chi connectivity index (χ3v) is 3.33. The first-order valence-corrected chi connectivity index (χ1v) is 6.39. The van der Waals surface area contributed by atoms with E-state index in [4.69, 9.17) is 9.47 Å². The molecule has 0 aromatic carbocycles. The van der Waals surface area contributed by atoms with Crippen molar-refractivity contribution >= 4 is 0 Å². The summed E-state index contributed by atoms with van der Waals surface area (Å²) in [4.78, 5) is 4.27. The van der Waals surface area contributed by atoms with Gasteiger partial charge in [-0.15, -0.1) is 0 Å². The highest BCUT2D eigenvalue weighted by Crippen LogP contribution is 2.26. The molecule has 1 saturated carbocycles. The maximum absolute atomic E-state index is 5.93. The lowest BCUT2D eigenvalue weighted by Crippen LogP contribution is -2.25. The molecule has 0 radical (unpaired) electrons. The summed E-state index contributed by atoms with van der Waals surface area (Å²) in [6.45, 7) is 1.49. The summed E-state index contributed by atoms with van der Waals surface area (Å²) in [6, 6.07) is 5.94. The molecule has 1 aliphatic carbocycles. The van der Waals surface area contributed by atoms with Crippen LogP contribution < -0.4 is 0 Å². The van der Waals surface area contributed by atoms with E-state index in [0.717, 1.165) is 18.7 Å². The molecule has 2 rings (SSSR count). The summed E-state index contributed by atoms with van der Waals surface area (Å²) in [5, 5.41) is 0. The Balaban J connectivity index is 1.75. The molecule has 0 bridgehead atoms. The maximum Gasteiger partial charge on any atom is 0.0891 e. The molecule has 2 unspecified atom stereocenters. The van der Waals surface area contributed by atoms with Crippen LogP contribution >= 0.6 is 0 Å². The lowest BCUT2D eigenvalue weighted by Gasteiger charge is -2.28. The fraction of sp³-hybridized carbons (Fsp3) is 0.643. The number of hydrogen-bond acceptors (Lipinski definition) is 3. The molecule has 3 heteroatoms. The van der Waals surface area contributed by atoms with E-state index < -0.39 is 0 Å². The molecule has 0 amide bonds. The molecular weight excluding hydrogens is 214 g/mol. The van der Waals surface area contributed by atoms with Gasteiger partial charge in [0.1, 0.15) is 0 Å². The number of methoxy groups -OCH3 is 1. The van der Waals surface area contributed by atoms with Gasteiger partial charge >= 0.3 is 0 Å². The zero-order valence-corrected chi connectivity index (χ0v) is 10.5. The Labute approximate surface area is 103 Å². The molecule has 1 heterocycles. The average Bonchev–Trinajstić information content (AvgIpc) is 2.39. The standard InChI is InChI=1S/C14H21NO2/c1-16-10-12-5-4-7-14(9-12)17-11-13-6-2-3-8-15-13/h2-3,6,8,12,14H,4-5,7,9-11H2,1H3. The van der Waals surface area contributed by atoms with E-state index >= 15 is 0 Å². The predicted molar refractivity (Wildman–Crippen MR) is 66.6 cm³/mol.